The molecule has 1 atom stereocenters. The number of carbonyl (C=O) groups is 3. The van der Waals surface area contributed by atoms with Crippen molar-refractivity contribution < 1.29 is 29.3 Å². The molecule has 9 nitrogen and oxygen atoms in total. The van der Waals surface area contributed by atoms with E-state index in [4.69, 9.17) is 4.74 Å². The van der Waals surface area contributed by atoms with E-state index in [0.29, 0.717) is 11.3 Å². The van der Waals surface area contributed by atoms with Gasteiger partial charge in [0.25, 0.3) is 5.91 Å². The number of hydrogen-bond acceptors (Lipinski definition) is 6. The van der Waals surface area contributed by atoms with E-state index in [-0.39, 0.29) is 28.3 Å². The van der Waals surface area contributed by atoms with Crippen LogP contribution in [-0.4, -0.2) is 35.2 Å². The van der Waals surface area contributed by atoms with Crippen molar-refractivity contribution >= 4 is 23.6 Å². The zero-order valence-electron chi connectivity index (χ0n) is 15.6. The first kappa shape index (κ1) is 19.7. The predicted octanol–water partition coefficient (Wildman–Crippen LogP) is 2.15. The monoisotopic (exact) mass is 397 g/mol. The van der Waals surface area contributed by atoms with Crippen LogP contribution < -0.4 is 16.0 Å². The lowest BCUT2D eigenvalue weighted by atomic mass is 9.94. The normalized spacial score (nSPS) is 15.9. The largest absolute Gasteiger partial charge is 0.504 e. The summed E-state index contributed by atoms with van der Waals surface area (Å²) in [6.45, 7) is 1.56. The smallest absolute Gasteiger partial charge is 0.339 e. The quantitative estimate of drug-likeness (QED) is 0.396. The third-order valence-electron chi connectivity index (χ3n) is 4.43. The average molecular weight is 397 g/mol. The zero-order chi connectivity index (χ0) is 21.1. The molecule has 5 N–H and O–H groups in total. The van der Waals surface area contributed by atoms with Gasteiger partial charge in [0.2, 0.25) is 0 Å². The Labute approximate surface area is 166 Å². The van der Waals surface area contributed by atoms with Crippen LogP contribution >= 0.6 is 0 Å². The second-order valence-corrected chi connectivity index (χ2v) is 6.31. The van der Waals surface area contributed by atoms with Gasteiger partial charge < -0.3 is 30.9 Å². The number of benzene rings is 2. The molecule has 0 saturated carbocycles. The summed E-state index contributed by atoms with van der Waals surface area (Å²) in [5.74, 6) is -1.89. The molecule has 0 radical (unpaired) electrons. The van der Waals surface area contributed by atoms with E-state index < -0.39 is 23.9 Å². The average Bonchev–Trinajstić information content (AvgIpc) is 2.69. The number of aromatic hydroxyl groups is 2. The maximum Gasteiger partial charge on any atom is 0.339 e. The van der Waals surface area contributed by atoms with Crippen molar-refractivity contribution in [3.63, 3.8) is 0 Å². The van der Waals surface area contributed by atoms with Gasteiger partial charge >= 0.3 is 12.0 Å². The van der Waals surface area contributed by atoms with E-state index in [1.165, 1.54) is 31.4 Å². The Bertz CT molecular complexity index is 1030. The highest BCUT2D eigenvalue weighted by molar-refractivity contribution is 6.09. The Balaban J connectivity index is 1.99. The van der Waals surface area contributed by atoms with E-state index in [2.05, 4.69) is 16.0 Å². The van der Waals surface area contributed by atoms with Crippen molar-refractivity contribution in [2.45, 2.75) is 13.0 Å². The molecule has 150 valence electrons. The Morgan fingerprint density at radius 2 is 1.83 bits per heavy atom. The number of methoxy groups -OCH3 is 1. The number of phenolic OH excluding ortho intramolecular Hbond substituents is 2. The third kappa shape index (κ3) is 3.98. The van der Waals surface area contributed by atoms with Crippen LogP contribution in [0.4, 0.5) is 10.5 Å². The van der Waals surface area contributed by atoms with E-state index in [1.807, 2.05) is 0 Å². The van der Waals surface area contributed by atoms with Crippen LogP contribution in [0.25, 0.3) is 0 Å². The number of anilines is 1. The van der Waals surface area contributed by atoms with Crippen molar-refractivity contribution in [1.82, 2.24) is 10.6 Å². The molecular weight excluding hydrogens is 378 g/mol. The first-order valence-corrected chi connectivity index (χ1v) is 8.60. The van der Waals surface area contributed by atoms with Crippen LogP contribution in [0.15, 0.2) is 53.7 Å². The first-order chi connectivity index (χ1) is 13.8. The Hall–Kier alpha value is -4.01. The molecule has 1 aliphatic rings. The summed E-state index contributed by atoms with van der Waals surface area (Å²) in [7, 11) is 1.24. The molecule has 2 aromatic carbocycles. The molecule has 3 rings (SSSR count). The molecule has 0 spiro atoms. The van der Waals surface area contributed by atoms with Crippen LogP contribution in [0.5, 0.6) is 11.5 Å². The van der Waals surface area contributed by atoms with Crippen LogP contribution in [0, 0.1) is 0 Å². The van der Waals surface area contributed by atoms with Crippen LogP contribution in [-0.2, 0) is 9.53 Å². The first-order valence-electron chi connectivity index (χ1n) is 8.60. The fourth-order valence-electron chi connectivity index (χ4n) is 3.03. The van der Waals surface area contributed by atoms with Crippen molar-refractivity contribution in [2.24, 2.45) is 0 Å². The lowest BCUT2D eigenvalue weighted by Crippen LogP contribution is -2.46. The minimum atomic E-state index is -0.888. The number of phenols is 2. The fraction of sp³-hybridized carbons (Fsp3) is 0.150. The van der Waals surface area contributed by atoms with Crippen LogP contribution in [0.2, 0.25) is 0 Å². The molecule has 0 aromatic heterocycles. The SMILES string of the molecule is COC(=O)c1ccccc1NC(=O)C1=C(C)NC(=O)NC1c1ccc(O)c(O)c1. The summed E-state index contributed by atoms with van der Waals surface area (Å²) < 4.78 is 4.73. The van der Waals surface area contributed by atoms with Gasteiger partial charge in [-0.25, -0.2) is 9.59 Å². The minimum absolute atomic E-state index is 0.174. The van der Waals surface area contributed by atoms with Gasteiger partial charge in [0.1, 0.15) is 0 Å². The van der Waals surface area contributed by atoms with E-state index in [9.17, 15) is 24.6 Å². The second-order valence-electron chi connectivity index (χ2n) is 6.31. The molecule has 29 heavy (non-hydrogen) atoms. The molecule has 0 saturated heterocycles. The van der Waals surface area contributed by atoms with Crippen LogP contribution in [0.1, 0.15) is 28.9 Å². The number of ether oxygens (including phenoxy) is 1. The number of nitrogens with one attached hydrogen (secondary N) is 3. The highest BCUT2D eigenvalue weighted by atomic mass is 16.5. The lowest BCUT2D eigenvalue weighted by molar-refractivity contribution is -0.113. The molecular formula is C20H19N3O6. The maximum absolute atomic E-state index is 13.1. The predicted molar refractivity (Wildman–Crippen MR) is 103 cm³/mol. The number of esters is 1. The molecule has 9 heteroatoms. The summed E-state index contributed by atoms with van der Waals surface area (Å²) in [5.41, 5.74) is 1.29. The lowest BCUT2D eigenvalue weighted by Gasteiger charge is -2.29. The van der Waals surface area contributed by atoms with Gasteiger partial charge in [0.05, 0.1) is 30.0 Å². The zero-order valence-corrected chi connectivity index (χ0v) is 15.6. The van der Waals surface area contributed by atoms with Crippen molar-refractivity contribution in [3.8, 4) is 11.5 Å². The van der Waals surface area contributed by atoms with E-state index in [0.717, 1.165) is 0 Å². The maximum atomic E-state index is 13.1. The number of rotatable bonds is 4. The Morgan fingerprint density at radius 1 is 1.10 bits per heavy atom. The number of hydrogen-bond donors (Lipinski definition) is 5. The number of para-hydroxylation sites is 1. The minimum Gasteiger partial charge on any atom is -0.504 e. The fourth-order valence-corrected chi connectivity index (χ4v) is 3.03. The molecule has 0 aliphatic carbocycles. The number of allylic oxidation sites excluding steroid dienone is 1. The van der Waals surface area contributed by atoms with Gasteiger partial charge in [-0.1, -0.05) is 18.2 Å². The van der Waals surface area contributed by atoms with Gasteiger partial charge in [-0.2, -0.15) is 0 Å². The number of amides is 3. The molecule has 1 heterocycles. The Kier molecular flexibility index (Phi) is 5.40. The molecule has 3 amide bonds. The van der Waals surface area contributed by atoms with Gasteiger partial charge in [-0.15, -0.1) is 0 Å². The van der Waals surface area contributed by atoms with Gasteiger partial charge in [-0.3, -0.25) is 4.79 Å². The van der Waals surface area contributed by atoms with Gasteiger partial charge in [0.15, 0.2) is 11.5 Å². The topological polar surface area (TPSA) is 137 Å². The Morgan fingerprint density at radius 3 is 2.52 bits per heavy atom. The highest BCUT2D eigenvalue weighted by Gasteiger charge is 2.32. The van der Waals surface area contributed by atoms with Crippen LogP contribution in [0.3, 0.4) is 0 Å². The third-order valence-corrected chi connectivity index (χ3v) is 4.43. The molecule has 2 aromatic rings. The molecule has 1 aliphatic heterocycles. The summed E-state index contributed by atoms with van der Waals surface area (Å²) in [6.07, 6.45) is 0. The van der Waals surface area contributed by atoms with Gasteiger partial charge in [0, 0.05) is 5.70 Å². The summed E-state index contributed by atoms with van der Waals surface area (Å²) in [5, 5.41) is 27.2. The van der Waals surface area contributed by atoms with Gasteiger partial charge in [-0.05, 0) is 36.8 Å². The van der Waals surface area contributed by atoms with E-state index in [1.54, 1.807) is 25.1 Å². The number of carbonyl (C=O) groups excluding carboxylic acids is 3. The summed E-state index contributed by atoms with van der Waals surface area (Å²) in [6, 6.07) is 8.94. The molecule has 1 unspecified atom stereocenters. The summed E-state index contributed by atoms with van der Waals surface area (Å²) in [4.78, 5) is 37.0. The second kappa shape index (κ2) is 7.93. The highest BCUT2D eigenvalue weighted by Crippen LogP contribution is 2.33. The number of urea groups is 1. The van der Waals surface area contributed by atoms with Crippen molar-refractivity contribution in [3.05, 3.63) is 64.9 Å². The molecule has 0 fully saturated rings. The van der Waals surface area contributed by atoms with Crippen molar-refractivity contribution in [2.75, 3.05) is 12.4 Å². The summed E-state index contributed by atoms with van der Waals surface area (Å²) >= 11 is 0. The molecule has 0 bridgehead atoms. The van der Waals surface area contributed by atoms with E-state index >= 15 is 0 Å². The standard InChI is InChI=1S/C20H19N3O6/c1-10-16(18(26)22-13-6-4-3-5-12(13)19(27)29-2)17(23-20(28)21-10)11-7-8-14(24)15(25)9-11/h3-9,17,24-25H,1-2H3,(H,22,26)(H2,21,23,28). The van der Waals surface area contributed by atoms with Crippen molar-refractivity contribution in [1.29, 1.82) is 0 Å².